The molecule has 0 saturated heterocycles. The molecule has 142 valence electrons. The number of anilines is 1. The van der Waals surface area contributed by atoms with E-state index in [4.69, 9.17) is 5.41 Å². The monoisotopic (exact) mass is 407 g/mol. The molecule has 0 fully saturated rings. The number of nitrogens with zero attached hydrogens (tertiary/aromatic N) is 3. The van der Waals surface area contributed by atoms with Gasteiger partial charge in [0.05, 0.1) is 16.8 Å². The Kier molecular flexibility index (Phi) is 7.00. The molecule has 28 heavy (non-hydrogen) atoms. The molecule has 2 N–H and O–H groups in total. The van der Waals surface area contributed by atoms with Crippen LogP contribution >= 0.6 is 23.1 Å². The van der Waals surface area contributed by atoms with Crippen molar-refractivity contribution >= 4 is 50.9 Å². The van der Waals surface area contributed by atoms with Gasteiger partial charge in [-0.2, -0.15) is 5.10 Å². The van der Waals surface area contributed by atoms with Crippen LogP contribution in [0.5, 0.6) is 0 Å². The number of aliphatic imine (C=N–C) groups is 1. The highest BCUT2D eigenvalue weighted by molar-refractivity contribution is 8.27. The fraction of sp³-hybridized carbons (Fsp3) is 0.0952. The first-order valence-corrected chi connectivity index (χ1v) is 10.3. The maximum atomic E-state index is 8.30. The molecule has 1 heterocycles. The van der Waals surface area contributed by atoms with E-state index in [1.165, 1.54) is 23.1 Å². The van der Waals surface area contributed by atoms with Crippen LogP contribution in [0.15, 0.2) is 82.2 Å². The molecule has 7 heteroatoms. The highest BCUT2D eigenvalue weighted by Gasteiger charge is 2.09. The minimum absolute atomic E-state index is 0.433. The van der Waals surface area contributed by atoms with Crippen molar-refractivity contribution in [2.75, 3.05) is 19.0 Å². The summed E-state index contributed by atoms with van der Waals surface area (Å²) in [5, 5.41) is 15.6. The minimum Gasteiger partial charge on any atom is -0.378 e. The average Bonchev–Trinajstić information content (AvgIpc) is 3.24. The Balaban J connectivity index is 1.73. The van der Waals surface area contributed by atoms with Gasteiger partial charge < -0.3 is 4.90 Å². The van der Waals surface area contributed by atoms with Gasteiger partial charge in [0, 0.05) is 19.8 Å². The number of thiophene rings is 1. The largest absolute Gasteiger partial charge is 0.378 e. The smallest absolute Gasteiger partial charge is 0.188 e. The molecule has 0 atom stereocenters. The maximum absolute atomic E-state index is 8.30. The molecule has 0 unspecified atom stereocenters. The van der Waals surface area contributed by atoms with Gasteiger partial charge in [0.2, 0.25) is 0 Å². The average molecular weight is 408 g/mol. The van der Waals surface area contributed by atoms with Crippen molar-refractivity contribution in [2.24, 2.45) is 10.1 Å². The molecule has 3 rings (SSSR count). The van der Waals surface area contributed by atoms with Crippen LogP contribution in [-0.4, -0.2) is 30.5 Å². The first-order chi connectivity index (χ1) is 13.6. The molecule has 0 spiro atoms. The van der Waals surface area contributed by atoms with Gasteiger partial charge in [-0.1, -0.05) is 36.4 Å². The third-order valence-corrected chi connectivity index (χ3v) is 5.53. The Bertz CT molecular complexity index is 946. The van der Waals surface area contributed by atoms with Crippen LogP contribution in [0.25, 0.3) is 0 Å². The molecule has 0 bridgehead atoms. The van der Waals surface area contributed by atoms with Crippen molar-refractivity contribution in [3.05, 3.63) is 82.6 Å². The summed E-state index contributed by atoms with van der Waals surface area (Å²) in [5.41, 5.74) is 5.91. The summed E-state index contributed by atoms with van der Waals surface area (Å²) in [5.74, 6) is 0. The van der Waals surface area contributed by atoms with Crippen molar-refractivity contribution in [1.82, 2.24) is 5.43 Å². The number of amidine groups is 1. The van der Waals surface area contributed by atoms with Crippen LogP contribution in [0.3, 0.4) is 0 Å². The summed E-state index contributed by atoms with van der Waals surface area (Å²) in [6.45, 7) is 0. The Hall–Kier alpha value is -2.90. The first-order valence-electron chi connectivity index (χ1n) is 8.62. The molecule has 0 aliphatic carbocycles. The third-order valence-electron chi connectivity index (χ3n) is 3.71. The van der Waals surface area contributed by atoms with E-state index in [0.717, 1.165) is 21.8 Å². The van der Waals surface area contributed by atoms with Crippen molar-refractivity contribution in [1.29, 1.82) is 5.41 Å². The molecule has 0 aliphatic rings. The molecular weight excluding hydrogens is 386 g/mol. The number of rotatable bonds is 5. The predicted molar refractivity (Wildman–Crippen MR) is 124 cm³/mol. The zero-order valence-electron chi connectivity index (χ0n) is 15.7. The van der Waals surface area contributed by atoms with Crippen LogP contribution in [0, 0.1) is 5.41 Å². The molecule has 2 aromatic carbocycles. The minimum atomic E-state index is 0.433. The number of nitrogens with one attached hydrogen (secondary N) is 2. The summed E-state index contributed by atoms with van der Waals surface area (Å²) >= 11 is 2.78. The lowest BCUT2D eigenvalue weighted by Gasteiger charge is -2.11. The topological polar surface area (TPSA) is 63.8 Å². The van der Waals surface area contributed by atoms with Gasteiger partial charge in [-0.15, -0.1) is 11.3 Å². The Morgan fingerprint density at radius 3 is 2.43 bits per heavy atom. The van der Waals surface area contributed by atoms with E-state index in [1.807, 2.05) is 86.2 Å². The van der Waals surface area contributed by atoms with Crippen LogP contribution in [0.4, 0.5) is 11.4 Å². The summed E-state index contributed by atoms with van der Waals surface area (Å²) in [4.78, 5) is 7.54. The lowest BCUT2D eigenvalue weighted by atomic mass is 10.2. The van der Waals surface area contributed by atoms with Crippen LogP contribution < -0.4 is 10.3 Å². The predicted octanol–water partition coefficient (Wildman–Crippen LogP) is 5.18. The maximum Gasteiger partial charge on any atom is 0.188 e. The molecule has 0 saturated carbocycles. The summed E-state index contributed by atoms with van der Waals surface area (Å²) in [7, 11) is 4.02. The number of thioether (sulfide) groups is 1. The van der Waals surface area contributed by atoms with E-state index < -0.39 is 0 Å². The van der Waals surface area contributed by atoms with Crippen LogP contribution in [0.2, 0.25) is 0 Å². The summed E-state index contributed by atoms with van der Waals surface area (Å²) < 4.78 is 0. The van der Waals surface area contributed by atoms with E-state index in [0.29, 0.717) is 10.2 Å². The SMILES string of the molecule is CN(C)c1ccc(/C=N/NC(=Nc2ccccc2)SC(=N)c2cccs2)cc1. The van der Waals surface area contributed by atoms with E-state index in [2.05, 4.69) is 20.4 Å². The standard InChI is InChI=1S/C21H21N5S2/c1-26(2)18-12-10-16(11-13-18)15-23-25-21(24-17-7-4-3-5-8-17)28-20(22)19-9-6-14-27-19/h3-15,22H,1-2H3,(H,24,25)/b22-20?,23-15+. The summed E-state index contributed by atoms with van der Waals surface area (Å²) in [6, 6.07) is 21.6. The van der Waals surface area contributed by atoms with E-state index in [9.17, 15) is 0 Å². The Morgan fingerprint density at radius 1 is 1.04 bits per heavy atom. The van der Waals surface area contributed by atoms with Crippen LogP contribution in [-0.2, 0) is 0 Å². The second-order valence-corrected chi connectivity index (χ2v) is 7.96. The van der Waals surface area contributed by atoms with Crippen molar-refractivity contribution in [3.63, 3.8) is 0 Å². The number of hydrogen-bond acceptors (Lipinski definition) is 6. The fourth-order valence-electron chi connectivity index (χ4n) is 2.27. The van der Waals surface area contributed by atoms with Gasteiger partial charge in [-0.05, 0) is 53.0 Å². The van der Waals surface area contributed by atoms with E-state index >= 15 is 0 Å². The lowest BCUT2D eigenvalue weighted by molar-refractivity contribution is 1.05. The first kappa shape index (κ1) is 19.9. The molecule has 0 aliphatic heterocycles. The highest BCUT2D eigenvalue weighted by Crippen LogP contribution is 2.20. The van der Waals surface area contributed by atoms with Crippen molar-refractivity contribution in [2.45, 2.75) is 0 Å². The molecule has 5 nitrogen and oxygen atoms in total. The second kappa shape index (κ2) is 9.87. The zero-order valence-corrected chi connectivity index (χ0v) is 17.3. The van der Waals surface area contributed by atoms with Crippen molar-refractivity contribution in [3.8, 4) is 0 Å². The molecule has 1 aromatic heterocycles. The van der Waals surface area contributed by atoms with Gasteiger partial charge in [-0.3, -0.25) is 10.8 Å². The highest BCUT2D eigenvalue weighted by atomic mass is 32.2. The Morgan fingerprint density at radius 2 is 1.79 bits per heavy atom. The quantitative estimate of drug-likeness (QED) is 0.348. The summed E-state index contributed by atoms with van der Waals surface area (Å²) in [6.07, 6.45) is 1.75. The number of para-hydroxylation sites is 1. The lowest BCUT2D eigenvalue weighted by Crippen LogP contribution is -2.16. The van der Waals surface area contributed by atoms with Gasteiger partial charge in [0.25, 0.3) is 0 Å². The number of hydrazone groups is 1. The third kappa shape index (κ3) is 5.80. The number of hydrogen-bond donors (Lipinski definition) is 2. The van der Waals surface area contributed by atoms with E-state index in [1.54, 1.807) is 6.21 Å². The van der Waals surface area contributed by atoms with Gasteiger partial charge >= 0.3 is 0 Å². The van der Waals surface area contributed by atoms with Gasteiger partial charge in [0.1, 0.15) is 5.04 Å². The van der Waals surface area contributed by atoms with Gasteiger partial charge in [0.15, 0.2) is 5.17 Å². The molecule has 3 aromatic rings. The normalized spacial score (nSPS) is 11.6. The molecular formula is C21H21N5S2. The zero-order chi connectivity index (χ0) is 19.8. The molecule has 0 amide bonds. The van der Waals surface area contributed by atoms with Crippen molar-refractivity contribution < 1.29 is 0 Å². The fourth-order valence-corrected chi connectivity index (χ4v) is 3.71. The van der Waals surface area contributed by atoms with Gasteiger partial charge in [-0.25, -0.2) is 4.99 Å². The van der Waals surface area contributed by atoms with E-state index in [-0.39, 0.29) is 0 Å². The molecule has 0 radical (unpaired) electrons. The van der Waals surface area contributed by atoms with Crippen LogP contribution in [0.1, 0.15) is 10.4 Å². The second-order valence-electron chi connectivity index (χ2n) is 6.02. The number of benzene rings is 2. The Labute approximate surface area is 173 Å².